The minimum Gasteiger partial charge on any atom is -0.349 e. The summed E-state index contributed by atoms with van der Waals surface area (Å²) < 4.78 is 13.1. The van der Waals surface area contributed by atoms with Crippen molar-refractivity contribution < 1.29 is 28.8 Å². The Hall–Kier alpha value is -3.01. The molecule has 0 aliphatic carbocycles. The van der Waals surface area contributed by atoms with Gasteiger partial charge in [-0.25, -0.2) is 9.45 Å². The first-order valence-electron chi connectivity index (χ1n) is 12.4. The van der Waals surface area contributed by atoms with Crippen LogP contribution in [-0.4, -0.2) is 71.0 Å². The zero-order chi connectivity index (χ0) is 27.0. The molecule has 2 unspecified atom stereocenters. The quantitative estimate of drug-likeness (QED) is 0.256. The first kappa shape index (κ1) is 29.2. The first-order chi connectivity index (χ1) is 16.8. The molecule has 9 nitrogen and oxygen atoms in total. The van der Waals surface area contributed by atoms with Crippen molar-refractivity contribution >= 4 is 24.1 Å². The van der Waals surface area contributed by atoms with Crippen LogP contribution in [0.5, 0.6) is 0 Å². The lowest BCUT2D eigenvalue weighted by Gasteiger charge is -2.39. The monoisotopic (exact) mass is 506 g/mol. The largest absolute Gasteiger partial charge is 0.349 e. The number of rotatable bonds is 10. The predicted octanol–water partition coefficient (Wildman–Crippen LogP) is 2.59. The van der Waals surface area contributed by atoms with Crippen LogP contribution in [0.25, 0.3) is 0 Å². The van der Waals surface area contributed by atoms with Crippen LogP contribution in [0.2, 0.25) is 0 Å². The second-order valence-electron chi connectivity index (χ2n) is 10.9. The fourth-order valence-electron chi connectivity index (χ4n) is 4.31. The van der Waals surface area contributed by atoms with Crippen LogP contribution < -0.4 is 10.6 Å². The molecule has 10 heteroatoms. The molecule has 4 amide bonds. The molecule has 1 aliphatic rings. The maximum Gasteiger partial charge on any atom is 0.251 e. The number of nitrogens with zero attached hydrogens (tertiary/aromatic N) is 2. The minimum atomic E-state index is -0.798. The Balaban J connectivity index is 2.01. The molecule has 1 aromatic rings. The maximum atomic E-state index is 13.5. The second kappa shape index (κ2) is 12.8. The highest BCUT2D eigenvalue weighted by atomic mass is 19.1. The molecule has 1 aromatic carbocycles. The molecule has 2 atom stereocenters. The van der Waals surface area contributed by atoms with E-state index in [1.165, 1.54) is 24.3 Å². The van der Waals surface area contributed by atoms with Gasteiger partial charge in [0.05, 0.1) is 12.5 Å². The zero-order valence-corrected chi connectivity index (χ0v) is 21.8. The van der Waals surface area contributed by atoms with Gasteiger partial charge in [0.1, 0.15) is 11.9 Å². The number of amides is 4. The van der Waals surface area contributed by atoms with Crippen molar-refractivity contribution in [2.24, 2.45) is 17.3 Å². The number of benzene rings is 1. The molecular weight excluding hydrogens is 467 g/mol. The van der Waals surface area contributed by atoms with Crippen molar-refractivity contribution in [1.82, 2.24) is 20.6 Å². The molecule has 200 valence electrons. The summed E-state index contributed by atoms with van der Waals surface area (Å²) in [6.07, 6.45) is 1.81. The lowest BCUT2D eigenvalue weighted by Crippen LogP contribution is -2.58. The van der Waals surface area contributed by atoms with E-state index in [0.717, 1.165) is 0 Å². The van der Waals surface area contributed by atoms with E-state index in [4.69, 9.17) is 0 Å². The van der Waals surface area contributed by atoms with Crippen LogP contribution >= 0.6 is 0 Å². The molecule has 2 rings (SSSR count). The van der Waals surface area contributed by atoms with Crippen LogP contribution in [0.15, 0.2) is 24.3 Å². The third kappa shape index (κ3) is 8.58. The van der Waals surface area contributed by atoms with Crippen molar-refractivity contribution in [2.45, 2.75) is 66.0 Å². The number of piperidine rings is 1. The summed E-state index contributed by atoms with van der Waals surface area (Å²) in [4.78, 5) is 51.6. The van der Waals surface area contributed by atoms with Gasteiger partial charge in [0.15, 0.2) is 0 Å². The van der Waals surface area contributed by atoms with Gasteiger partial charge in [-0.2, -0.15) is 0 Å². The Labute approximate surface area is 212 Å². The molecule has 1 aliphatic heterocycles. The van der Waals surface area contributed by atoms with E-state index in [1.54, 1.807) is 4.90 Å². The second-order valence-corrected chi connectivity index (χ2v) is 10.9. The zero-order valence-electron chi connectivity index (χ0n) is 21.8. The average molecular weight is 507 g/mol. The van der Waals surface area contributed by atoms with E-state index >= 15 is 0 Å². The fraction of sp³-hybridized carbons (Fsp3) is 0.615. The van der Waals surface area contributed by atoms with Gasteiger partial charge in [-0.05, 0) is 54.9 Å². The molecule has 3 N–H and O–H groups in total. The highest BCUT2D eigenvalue weighted by Gasteiger charge is 2.38. The Morgan fingerprint density at radius 3 is 2.25 bits per heavy atom. The topological polar surface area (TPSA) is 119 Å². The number of hydrogen-bond donors (Lipinski definition) is 3. The summed E-state index contributed by atoms with van der Waals surface area (Å²) in [5, 5.41) is 15.9. The van der Waals surface area contributed by atoms with Gasteiger partial charge in [-0.15, -0.1) is 0 Å². The van der Waals surface area contributed by atoms with Gasteiger partial charge in [-0.1, -0.05) is 34.6 Å². The SMILES string of the molecule is CC(C)CC(CN(O)C=O)C(=O)NC(C(=O)N1CCC(NC(=O)c2ccc(F)cc2)CC1)C(C)(C)C. The average Bonchev–Trinajstić information content (AvgIpc) is 2.81. The molecule has 0 saturated carbocycles. The van der Waals surface area contributed by atoms with Crippen LogP contribution in [0.3, 0.4) is 0 Å². The Kier molecular flexibility index (Phi) is 10.4. The summed E-state index contributed by atoms with van der Waals surface area (Å²) in [5.41, 5.74) is -0.204. The van der Waals surface area contributed by atoms with Gasteiger partial charge in [0.25, 0.3) is 5.91 Å². The maximum absolute atomic E-state index is 13.5. The van der Waals surface area contributed by atoms with Crippen LogP contribution in [-0.2, 0) is 14.4 Å². The van der Waals surface area contributed by atoms with Gasteiger partial charge < -0.3 is 15.5 Å². The highest BCUT2D eigenvalue weighted by molar-refractivity contribution is 5.94. The van der Waals surface area contributed by atoms with Crippen LogP contribution in [0.4, 0.5) is 4.39 Å². The van der Waals surface area contributed by atoms with Crippen molar-refractivity contribution in [1.29, 1.82) is 0 Å². The number of carbonyl (C=O) groups excluding carboxylic acids is 4. The van der Waals surface area contributed by atoms with Gasteiger partial charge >= 0.3 is 0 Å². The van der Waals surface area contributed by atoms with Crippen molar-refractivity contribution in [3.8, 4) is 0 Å². The number of halogens is 1. The van der Waals surface area contributed by atoms with E-state index < -0.39 is 23.2 Å². The van der Waals surface area contributed by atoms with E-state index in [9.17, 15) is 28.8 Å². The predicted molar refractivity (Wildman–Crippen MR) is 132 cm³/mol. The van der Waals surface area contributed by atoms with Gasteiger partial charge in [-0.3, -0.25) is 24.4 Å². The van der Waals surface area contributed by atoms with E-state index in [1.807, 2.05) is 34.6 Å². The number of carbonyl (C=O) groups is 4. The lowest BCUT2D eigenvalue weighted by molar-refractivity contribution is -0.156. The number of hydrogen-bond acceptors (Lipinski definition) is 5. The van der Waals surface area contributed by atoms with E-state index in [2.05, 4.69) is 10.6 Å². The molecule has 0 radical (unpaired) electrons. The number of nitrogens with one attached hydrogen (secondary N) is 2. The molecule has 1 saturated heterocycles. The van der Waals surface area contributed by atoms with Crippen LogP contribution in [0, 0.1) is 23.1 Å². The van der Waals surface area contributed by atoms with E-state index in [0.29, 0.717) is 43.0 Å². The van der Waals surface area contributed by atoms with Gasteiger partial charge in [0, 0.05) is 24.7 Å². The van der Waals surface area contributed by atoms with E-state index in [-0.39, 0.29) is 42.6 Å². The van der Waals surface area contributed by atoms with Gasteiger partial charge in [0.2, 0.25) is 18.2 Å². The van der Waals surface area contributed by atoms with Crippen molar-refractivity contribution in [3.05, 3.63) is 35.6 Å². The smallest absolute Gasteiger partial charge is 0.251 e. The molecule has 36 heavy (non-hydrogen) atoms. The summed E-state index contributed by atoms with van der Waals surface area (Å²) >= 11 is 0. The molecule has 0 bridgehead atoms. The normalized spacial score (nSPS) is 16.3. The molecular formula is C26H39FN4O5. The Bertz CT molecular complexity index is 908. The minimum absolute atomic E-state index is 0.122. The highest BCUT2D eigenvalue weighted by Crippen LogP contribution is 2.24. The summed E-state index contributed by atoms with van der Waals surface area (Å²) in [6.45, 7) is 10.2. The molecule has 1 heterocycles. The first-order valence-corrected chi connectivity index (χ1v) is 12.4. The molecule has 1 fully saturated rings. The Morgan fingerprint density at radius 2 is 1.75 bits per heavy atom. The molecule has 0 spiro atoms. The third-order valence-electron chi connectivity index (χ3n) is 6.30. The fourth-order valence-corrected chi connectivity index (χ4v) is 4.31. The number of likely N-dealkylation sites (tertiary alicyclic amines) is 1. The van der Waals surface area contributed by atoms with Crippen molar-refractivity contribution in [3.63, 3.8) is 0 Å². The number of hydroxylamine groups is 2. The van der Waals surface area contributed by atoms with Crippen LogP contribution in [0.1, 0.15) is 64.2 Å². The Morgan fingerprint density at radius 1 is 1.17 bits per heavy atom. The molecule has 0 aromatic heterocycles. The standard InChI is InChI=1S/C26H39FN4O5/c1-17(2)14-19(15-31(36)16-32)24(34)29-22(26(3,4)5)25(35)30-12-10-21(11-13-30)28-23(33)18-6-8-20(27)9-7-18/h6-9,16-17,19,21-22,36H,10-15H2,1-5H3,(H,28,33)(H,29,34). The lowest BCUT2D eigenvalue weighted by atomic mass is 9.84. The summed E-state index contributed by atoms with van der Waals surface area (Å²) in [7, 11) is 0. The third-order valence-corrected chi connectivity index (χ3v) is 6.30. The van der Waals surface area contributed by atoms with Crippen molar-refractivity contribution in [2.75, 3.05) is 19.6 Å². The summed E-state index contributed by atoms with van der Waals surface area (Å²) in [5.74, 6) is -1.81. The summed E-state index contributed by atoms with van der Waals surface area (Å²) in [6, 6.07) is 4.41.